The Bertz CT molecular complexity index is 788. The summed E-state index contributed by atoms with van der Waals surface area (Å²) in [5, 5.41) is 9.21. The molecule has 0 saturated carbocycles. The highest BCUT2D eigenvalue weighted by Crippen LogP contribution is 2.23. The number of hydrogen-bond donors (Lipinski definition) is 3. The van der Waals surface area contributed by atoms with E-state index >= 15 is 0 Å². The van der Waals surface area contributed by atoms with Gasteiger partial charge in [0.1, 0.15) is 0 Å². The van der Waals surface area contributed by atoms with Gasteiger partial charge in [-0.1, -0.05) is 25.1 Å². The summed E-state index contributed by atoms with van der Waals surface area (Å²) >= 11 is 0. The number of carbonyl (C=O) groups is 2. The zero-order chi connectivity index (χ0) is 19.8. The average Bonchev–Trinajstić information content (AvgIpc) is 2.73. The SMILES string of the molecule is CC(CC(=O)Nc1ccccc1C(=O)NCc1cccnc1)C1CCCNC1. The van der Waals surface area contributed by atoms with Crippen molar-refractivity contribution in [1.82, 2.24) is 15.6 Å². The van der Waals surface area contributed by atoms with E-state index in [4.69, 9.17) is 0 Å². The number of para-hydroxylation sites is 1. The van der Waals surface area contributed by atoms with Crippen LogP contribution in [0.3, 0.4) is 0 Å². The summed E-state index contributed by atoms with van der Waals surface area (Å²) in [6, 6.07) is 10.8. The molecular weight excluding hydrogens is 352 g/mol. The predicted molar refractivity (Wildman–Crippen MR) is 110 cm³/mol. The van der Waals surface area contributed by atoms with E-state index in [-0.39, 0.29) is 11.8 Å². The quantitative estimate of drug-likeness (QED) is 0.690. The Morgan fingerprint density at radius 3 is 2.86 bits per heavy atom. The van der Waals surface area contributed by atoms with Crippen molar-refractivity contribution in [3.8, 4) is 0 Å². The molecule has 2 atom stereocenters. The number of benzene rings is 1. The van der Waals surface area contributed by atoms with Gasteiger partial charge in [-0.15, -0.1) is 0 Å². The van der Waals surface area contributed by atoms with E-state index in [0.717, 1.165) is 31.5 Å². The predicted octanol–water partition coefficient (Wildman–Crippen LogP) is 2.98. The third kappa shape index (κ3) is 5.63. The van der Waals surface area contributed by atoms with Crippen LogP contribution in [0.25, 0.3) is 0 Å². The lowest BCUT2D eigenvalue weighted by Crippen LogP contribution is -2.34. The second-order valence-corrected chi connectivity index (χ2v) is 7.43. The van der Waals surface area contributed by atoms with Gasteiger partial charge >= 0.3 is 0 Å². The fourth-order valence-corrected chi connectivity index (χ4v) is 3.60. The summed E-state index contributed by atoms with van der Waals surface area (Å²) in [4.78, 5) is 29.2. The summed E-state index contributed by atoms with van der Waals surface area (Å²) in [5.74, 6) is 0.562. The van der Waals surface area contributed by atoms with Crippen LogP contribution < -0.4 is 16.0 Å². The molecule has 1 aromatic carbocycles. The van der Waals surface area contributed by atoms with E-state index in [2.05, 4.69) is 27.9 Å². The monoisotopic (exact) mass is 380 g/mol. The normalized spacial score (nSPS) is 17.5. The van der Waals surface area contributed by atoms with Crippen molar-refractivity contribution in [3.63, 3.8) is 0 Å². The molecule has 3 rings (SSSR count). The highest BCUT2D eigenvalue weighted by atomic mass is 16.2. The minimum Gasteiger partial charge on any atom is -0.348 e. The Labute approximate surface area is 166 Å². The lowest BCUT2D eigenvalue weighted by molar-refractivity contribution is -0.117. The first-order valence-electron chi connectivity index (χ1n) is 9.90. The molecule has 0 bridgehead atoms. The molecule has 3 N–H and O–H groups in total. The maximum absolute atomic E-state index is 12.6. The summed E-state index contributed by atoms with van der Waals surface area (Å²) in [6.45, 7) is 4.56. The molecule has 2 unspecified atom stereocenters. The molecule has 148 valence electrons. The van der Waals surface area contributed by atoms with E-state index < -0.39 is 0 Å². The van der Waals surface area contributed by atoms with Crippen LogP contribution in [0, 0.1) is 11.8 Å². The van der Waals surface area contributed by atoms with Gasteiger partial charge in [-0.25, -0.2) is 0 Å². The number of rotatable bonds is 7. The standard InChI is InChI=1S/C22H28N4O2/c1-16(18-7-5-11-24-15-18)12-21(27)26-20-9-3-2-8-19(20)22(28)25-14-17-6-4-10-23-13-17/h2-4,6,8-10,13,16,18,24H,5,7,11-12,14-15H2,1H3,(H,25,28)(H,26,27). The first kappa shape index (κ1) is 20.0. The van der Waals surface area contributed by atoms with Crippen molar-refractivity contribution >= 4 is 17.5 Å². The molecule has 0 aliphatic carbocycles. The molecule has 1 aliphatic heterocycles. The number of nitrogens with zero attached hydrogens (tertiary/aromatic N) is 1. The van der Waals surface area contributed by atoms with Crippen LogP contribution in [0.1, 0.15) is 42.1 Å². The Morgan fingerprint density at radius 1 is 1.25 bits per heavy atom. The number of hydrogen-bond acceptors (Lipinski definition) is 4. The largest absolute Gasteiger partial charge is 0.348 e. The molecule has 0 radical (unpaired) electrons. The van der Waals surface area contributed by atoms with Crippen molar-refractivity contribution in [3.05, 3.63) is 59.9 Å². The number of nitrogens with one attached hydrogen (secondary N) is 3. The lowest BCUT2D eigenvalue weighted by Gasteiger charge is -2.28. The van der Waals surface area contributed by atoms with Crippen LogP contribution in [-0.4, -0.2) is 29.9 Å². The molecular formula is C22H28N4O2. The van der Waals surface area contributed by atoms with Gasteiger partial charge in [0.15, 0.2) is 0 Å². The van der Waals surface area contributed by atoms with Crippen molar-refractivity contribution < 1.29 is 9.59 Å². The summed E-state index contributed by atoms with van der Waals surface area (Å²) < 4.78 is 0. The highest BCUT2D eigenvalue weighted by Gasteiger charge is 2.22. The molecule has 1 aliphatic rings. The first-order chi connectivity index (χ1) is 13.6. The minimum absolute atomic E-state index is 0.0504. The molecule has 0 spiro atoms. The molecule has 2 heterocycles. The fourth-order valence-electron chi connectivity index (χ4n) is 3.60. The molecule has 1 fully saturated rings. The van der Waals surface area contributed by atoms with Crippen molar-refractivity contribution in [1.29, 1.82) is 0 Å². The minimum atomic E-state index is -0.218. The Morgan fingerprint density at radius 2 is 2.11 bits per heavy atom. The number of anilines is 1. The third-order valence-corrected chi connectivity index (χ3v) is 5.27. The van der Waals surface area contributed by atoms with E-state index in [1.807, 2.05) is 18.2 Å². The van der Waals surface area contributed by atoms with Crippen LogP contribution in [0.15, 0.2) is 48.8 Å². The summed E-state index contributed by atoms with van der Waals surface area (Å²) in [6.07, 6.45) is 6.19. The van der Waals surface area contributed by atoms with Gasteiger partial charge in [-0.2, -0.15) is 0 Å². The maximum Gasteiger partial charge on any atom is 0.253 e. The molecule has 6 heteroatoms. The molecule has 2 amide bonds. The topological polar surface area (TPSA) is 83.1 Å². The molecule has 6 nitrogen and oxygen atoms in total. The van der Waals surface area contributed by atoms with E-state index in [1.165, 1.54) is 0 Å². The lowest BCUT2D eigenvalue weighted by atomic mass is 9.85. The zero-order valence-electron chi connectivity index (χ0n) is 16.3. The molecule has 1 saturated heterocycles. The Balaban J connectivity index is 1.58. The number of amides is 2. The van der Waals surface area contributed by atoms with Crippen LogP contribution in [0.5, 0.6) is 0 Å². The average molecular weight is 380 g/mol. The summed E-state index contributed by atoms with van der Waals surface area (Å²) in [5.41, 5.74) is 1.93. The van der Waals surface area contributed by atoms with Crippen LogP contribution >= 0.6 is 0 Å². The Hall–Kier alpha value is -2.73. The molecule has 28 heavy (non-hydrogen) atoms. The Kier molecular flexibility index (Phi) is 7.14. The van der Waals surface area contributed by atoms with Gasteiger partial charge in [0.25, 0.3) is 5.91 Å². The number of pyridine rings is 1. The van der Waals surface area contributed by atoms with Crippen molar-refractivity contribution in [2.75, 3.05) is 18.4 Å². The third-order valence-electron chi connectivity index (χ3n) is 5.27. The second kappa shape index (κ2) is 9.99. The van der Waals surface area contributed by atoms with Crippen LogP contribution in [0.2, 0.25) is 0 Å². The van der Waals surface area contributed by atoms with Gasteiger partial charge < -0.3 is 16.0 Å². The highest BCUT2D eigenvalue weighted by molar-refractivity contribution is 6.03. The number of carbonyl (C=O) groups excluding carboxylic acids is 2. The fraction of sp³-hybridized carbons (Fsp3) is 0.409. The number of piperidine rings is 1. The van der Waals surface area contributed by atoms with Gasteiger partial charge in [0, 0.05) is 25.4 Å². The number of aromatic nitrogens is 1. The van der Waals surface area contributed by atoms with E-state index in [1.54, 1.807) is 30.6 Å². The van der Waals surface area contributed by atoms with Gasteiger partial charge in [-0.3, -0.25) is 14.6 Å². The van der Waals surface area contributed by atoms with E-state index in [0.29, 0.717) is 36.1 Å². The van der Waals surface area contributed by atoms with Crippen LogP contribution in [-0.2, 0) is 11.3 Å². The smallest absolute Gasteiger partial charge is 0.253 e. The van der Waals surface area contributed by atoms with Crippen molar-refractivity contribution in [2.45, 2.75) is 32.7 Å². The van der Waals surface area contributed by atoms with Gasteiger partial charge in [0.05, 0.1) is 11.3 Å². The first-order valence-corrected chi connectivity index (χ1v) is 9.90. The second-order valence-electron chi connectivity index (χ2n) is 7.43. The van der Waals surface area contributed by atoms with Crippen LogP contribution in [0.4, 0.5) is 5.69 Å². The van der Waals surface area contributed by atoms with Gasteiger partial charge in [0.2, 0.25) is 5.91 Å². The molecule has 2 aromatic rings. The molecule has 1 aromatic heterocycles. The zero-order valence-corrected chi connectivity index (χ0v) is 16.3. The van der Waals surface area contributed by atoms with Gasteiger partial charge in [-0.05, 0) is 61.5 Å². The maximum atomic E-state index is 12.6. The summed E-state index contributed by atoms with van der Waals surface area (Å²) in [7, 11) is 0. The van der Waals surface area contributed by atoms with E-state index in [9.17, 15) is 9.59 Å². The van der Waals surface area contributed by atoms with Crippen molar-refractivity contribution in [2.24, 2.45) is 11.8 Å².